The molecular weight excluding hydrogens is 244 g/mol. The molecule has 0 aliphatic heterocycles. The van der Waals surface area contributed by atoms with Crippen LogP contribution in [0.3, 0.4) is 0 Å². The molecule has 3 rings (SSSR count). The number of benzene rings is 1. The first-order chi connectivity index (χ1) is 9.26. The second-order valence-electron chi connectivity index (χ2n) is 3.87. The minimum Gasteiger partial charge on any atom is -0.462 e. The maximum absolute atomic E-state index is 11.3. The Labute approximate surface area is 107 Å². The van der Waals surface area contributed by atoms with Gasteiger partial charge in [-0.3, -0.25) is 4.98 Å². The van der Waals surface area contributed by atoms with Crippen LogP contribution >= 0.6 is 0 Å². The second-order valence-corrected chi connectivity index (χ2v) is 3.87. The summed E-state index contributed by atoms with van der Waals surface area (Å²) in [6.45, 7) is 0. The Hall–Kier alpha value is -3.07. The lowest BCUT2D eigenvalue weighted by atomic mass is 10.2. The molecule has 2 heterocycles. The van der Waals surface area contributed by atoms with Gasteiger partial charge in [0, 0.05) is 11.5 Å². The third-order valence-electron chi connectivity index (χ3n) is 2.61. The third kappa shape index (κ3) is 2.05. The summed E-state index contributed by atoms with van der Waals surface area (Å²) in [7, 11) is 0. The number of hydrogen-bond donors (Lipinski definition) is 2. The number of nitriles is 1. The number of nitrogens with one attached hydrogen (secondary N) is 2. The van der Waals surface area contributed by atoms with Crippen LogP contribution in [0.1, 0.15) is 5.69 Å². The highest BCUT2D eigenvalue weighted by Gasteiger charge is 2.07. The number of H-pyrrole nitrogens is 1. The van der Waals surface area contributed by atoms with E-state index in [9.17, 15) is 4.79 Å². The summed E-state index contributed by atoms with van der Waals surface area (Å²) in [5, 5.41) is 12.6. The molecule has 3 aromatic rings. The number of aromatic amines is 1. The van der Waals surface area contributed by atoms with E-state index in [-0.39, 0.29) is 5.69 Å². The van der Waals surface area contributed by atoms with E-state index in [4.69, 9.17) is 9.68 Å². The maximum Gasteiger partial charge on any atom is 0.347 e. The molecule has 0 bridgehead atoms. The average Bonchev–Trinajstić information content (AvgIpc) is 2.82. The highest BCUT2D eigenvalue weighted by molar-refractivity contribution is 5.91. The minimum absolute atomic E-state index is 0.148. The molecule has 1 aromatic carbocycles. The van der Waals surface area contributed by atoms with E-state index < -0.39 is 5.69 Å². The lowest BCUT2D eigenvalue weighted by Gasteiger charge is -2.02. The summed E-state index contributed by atoms with van der Waals surface area (Å²) in [6.07, 6.45) is 1.54. The largest absolute Gasteiger partial charge is 0.462 e. The predicted octanol–water partition coefficient (Wildman–Crippen LogP) is 2.13. The summed E-state index contributed by atoms with van der Waals surface area (Å²) < 4.78 is 5.37. The van der Waals surface area contributed by atoms with Crippen LogP contribution in [0.15, 0.2) is 45.8 Å². The number of para-hydroxylation sites is 1. The SMILES string of the molecule is N#Cc1cc(Nc2coc3ccccc23)nc(=O)[nH]1. The Kier molecular flexibility index (Phi) is 2.50. The van der Waals surface area contributed by atoms with E-state index in [1.165, 1.54) is 6.07 Å². The van der Waals surface area contributed by atoms with Gasteiger partial charge < -0.3 is 9.73 Å². The van der Waals surface area contributed by atoms with Gasteiger partial charge in [0.15, 0.2) is 0 Å². The van der Waals surface area contributed by atoms with Gasteiger partial charge in [-0.25, -0.2) is 4.79 Å². The van der Waals surface area contributed by atoms with Gasteiger partial charge in [0.2, 0.25) is 0 Å². The quantitative estimate of drug-likeness (QED) is 0.728. The molecule has 0 fully saturated rings. The molecule has 6 heteroatoms. The third-order valence-corrected chi connectivity index (χ3v) is 2.61. The zero-order valence-electron chi connectivity index (χ0n) is 9.68. The highest BCUT2D eigenvalue weighted by Crippen LogP contribution is 2.27. The first kappa shape index (κ1) is 11.0. The molecule has 0 saturated heterocycles. The van der Waals surface area contributed by atoms with E-state index in [0.29, 0.717) is 11.5 Å². The van der Waals surface area contributed by atoms with Crippen LogP contribution < -0.4 is 11.0 Å². The lowest BCUT2D eigenvalue weighted by molar-refractivity contribution is 0.617. The standard InChI is InChI=1S/C13H8N4O2/c14-6-8-5-12(17-13(18)15-8)16-10-7-19-11-4-2-1-3-9(10)11/h1-5,7H,(H2,15,16,17,18). The minimum atomic E-state index is -0.575. The lowest BCUT2D eigenvalue weighted by Crippen LogP contribution is -2.13. The number of aromatic nitrogens is 2. The Morgan fingerprint density at radius 2 is 2.21 bits per heavy atom. The van der Waals surface area contributed by atoms with Crippen molar-refractivity contribution < 1.29 is 4.42 Å². The fourth-order valence-electron chi connectivity index (χ4n) is 1.79. The number of anilines is 2. The molecule has 0 radical (unpaired) electrons. The summed E-state index contributed by atoms with van der Waals surface area (Å²) in [4.78, 5) is 17.4. The zero-order chi connectivity index (χ0) is 13.2. The van der Waals surface area contributed by atoms with Gasteiger partial charge in [0.05, 0.1) is 5.69 Å². The van der Waals surface area contributed by atoms with Crippen molar-refractivity contribution in [3.63, 3.8) is 0 Å². The fourth-order valence-corrected chi connectivity index (χ4v) is 1.79. The molecule has 0 saturated carbocycles. The molecule has 2 N–H and O–H groups in total. The molecule has 0 aliphatic rings. The van der Waals surface area contributed by atoms with Gasteiger partial charge in [-0.05, 0) is 12.1 Å². The zero-order valence-corrected chi connectivity index (χ0v) is 9.68. The molecule has 0 spiro atoms. The van der Waals surface area contributed by atoms with Crippen molar-refractivity contribution >= 4 is 22.5 Å². The van der Waals surface area contributed by atoms with Gasteiger partial charge in [-0.15, -0.1) is 0 Å². The van der Waals surface area contributed by atoms with Gasteiger partial charge in [-0.1, -0.05) is 12.1 Å². The molecule has 0 unspecified atom stereocenters. The van der Waals surface area contributed by atoms with Crippen LogP contribution in [-0.4, -0.2) is 9.97 Å². The van der Waals surface area contributed by atoms with Crippen molar-refractivity contribution in [1.82, 2.24) is 9.97 Å². The van der Waals surface area contributed by atoms with Crippen molar-refractivity contribution in [1.29, 1.82) is 5.26 Å². The Balaban J connectivity index is 2.04. The second kappa shape index (κ2) is 4.31. The molecule has 6 nitrogen and oxygen atoms in total. The molecule has 0 aliphatic carbocycles. The Bertz CT molecular complexity index is 841. The molecule has 92 valence electrons. The average molecular weight is 252 g/mol. The van der Waals surface area contributed by atoms with Crippen LogP contribution in [0.4, 0.5) is 11.5 Å². The van der Waals surface area contributed by atoms with E-state index in [2.05, 4.69) is 15.3 Å². The normalized spacial score (nSPS) is 10.3. The molecular formula is C13H8N4O2. The van der Waals surface area contributed by atoms with E-state index in [0.717, 1.165) is 11.0 Å². The van der Waals surface area contributed by atoms with Crippen LogP contribution in [0.5, 0.6) is 0 Å². The highest BCUT2D eigenvalue weighted by atomic mass is 16.3. The summed E-state index contributed by atoms with van der Waals surface area (Å²) in [5.74, 6) is 0.298. The van der Waals surface area contributed by atoms with Gasteiger partial charge in [-0.2, -0.15) is 10.2 Å². The van der Waals surface area contributed by atoms with Gasteiger partial charge in [0.1, 0.15) is 29.4 Å². The Morgan fingerprint density at radius 3 is 3.05 bits per heavy atom. The summed E-state index contributed by atoms with van der Waals surface area (Å²) in [5.41, 5.74) is 0.998. The van der Waals surface area contributed by atoms with Crippen molar-refractivity contribution in [3.8, 4) is 6.07 Å². The molecule has 0 amide bonds. The van der Waals surface area contributed by atoms with Crippen LogP contribution in [0.25, 0.3) is 11.0 Å². The van der Waals surface area contributed by atoms with Gasteiger partial charge >= 0.3 is 5.69 Å². The number of rotatable bonds is 2. The van der Waals surface area contributed by atoms with Gasteiger partial charge in [0.25, 0.3) is 0 Å². The maximum atomic E-state index is 11.3. The number of furan rings is 1. The topological polar surface area (TPSA) is 94.7 Å². The molecule has 19 heavy (non-hydrogen) atoms. The van der Waals surface area contributed by atoms with Crippen molar-refractivity contribution in [2.24, 2.45) is 0 Å². The van der Waals surface area contributed by atoms with E-state index in [1.807, 2.05) is 30.3 Å². The number of nitrogens with zero attached hydrogens (tertiary/aromatic N) is 2. The Morgan fingerprint density at radius 1 is 1.37 bits per heavy atom. The molecule has 0 atom stereocenters. The fraction of sp³-hybridized carbons (Fsp3) is 0. The molecule has 2 aromatic heterocycles. The van der Waals surface area contributed by atoms with E-state index in [1.54, 1.807) is 6.26 Å². The summed E-state index contributed by atoms with van der Waals surface area (Å²) in [6, 6.07) is 10.8. The monoisotopic (exact) mass is 252 g/mol. The van der Waals surface area contributed by atoms with Crippen molar-refractivity contribution in [3.05, 3.63) is 52.8 Å². The van der Waals surface area contributed by atoms with Crippen LogP contribution in [-0.2, 0) is 0 Å². The summed E-state index contributed by atoms with van der Waals surface area (Å²) >= 11 is 0. The predicted molar refractivity (Wildman–Crippen MR) is 69.1 cm³/mol. The van der Waals surface area contributed by atoms with Crippen molar-refractivity contribution in [2.75, 3.05) is 5.32 Å². The van der Waals surface area contributed by atoms with E-state index >= 15 is 0 Å². The smallest absolute Gasteiger partial charge is 0.347 e. The number of fused-ring (bicyclic) bond motifs is 1. The first-order valence-corrected chi connectivity index (χ1v) is 5.51. The van der Waals surface area contributed by atoms with Crippen LogP contribution in [0.2, 0.25) is 0 Å². The van der Waals surface area contributed by atoms with Crippen LogP contribution in [0, 0.1) is 11.3 Å². The first-order valence-electron chi connectivity index (χ1n) is 5.51. The van der Waals surface area contributed by atoms with Crippen molar-refractivity contribution in [2.45, 2.75) is 0 Å². The number of hydrogen-bond acceptors (Lipinski definition) is 5.